The van der Waals surface area contributed by atoms with E-state index in [1.807, 2.05) is 24.8 Å². The molecule has 2 aromatic rings. The quantitative estimate of drug-likeness (QED) is 0.842. The lowest BCUT2D eigenvalue weighted by Gasteiger charge is -2.29. The average Bonchev–Trinajstić information content (AvgIpc) is 2.78. The topological polar surface area (TPSA) is 46.3 Å². The standard InChI is InChI=1S/C16H18N2O2/c1-11-15(12(2)20-17-11)9-16(19)18-8-7-13-5-3-4-6-14(13)10-18/h3-6H,7-10H2,1-2H3. The predicted octanol–water partition coefficient (Wildman–Crippen LogP) is 2.42. The number of nitrogens with zero attached hydrogens (tertiary/aromatic N) is 2. The van der Waals surface area contributed by atoms with Crippen LogP contribution in [0.3, 0.4) is 0 Å². The summed E-state index contributed by atoms with van der Waals surface area (Å²) < 4.78 is 5.12. The van der Waals surface area contributed by atoms with Gasteiger partial charge in [-0.15, -0.1) is 0 Å². The Kier molecular flexibility index (Phi) is 3.30. The average molecular weight is 270 g/mol. The van der Waals surface area contributed by atoms with Crippen molar-refractivity contribution in [3.63, 3.8) is 0 Å². The van der Waals surface area contributed by atoms with Crippen LogP contribution in [0, 0.1) is 13.8 Å². The van der Waals surface area contributed by atoms with E-state index in [1.165, 1.54) is 11.1 Å². The molecule has 4 heteroatoms. The normalized spacial score (nSPS) is 14.2. The molecule has 1 aromatic heterocycles. The van der Waals surface area contributed by atoms with Gasteiger partial charge in [0.05, 0.1) is 12.1 Å². The van der Waals surface area contributed by atoms with Gasteiger partial charge >= 0.3 is 0 Å². The number of benzene rings is 1. The molecule has 1 amide bonds. The van der Waals surface area contributed by atoms with Crippen molar-refractivity contribution < 1.29 is 9.32 Å². The van der Waals surface area contributed by atoms with Crippen LogP contribution >= 0.6 is 0 Å². The number of fused-ring (bicyclic) bond motifs is 1. The van der Waals surface area contributed by atoms with Gasteiger partial charge in [0.15, 0.2) is 0 Å². The minimum Gasteiger partial charge on any atom is -0.361 e. The first-order valence-electron chi connectivity index (χ1n) is 6.91. The summed E-state index contributed by atoms with van der Waals surface area (Å²) in [7, 11) is 0. The molecule has 0 radical (unpaired) electrons. The molecule has 1 aliphatic heterocycles. The number of carbonyl (C=O) groups is 1. The second kappa shape index (κ2) is 5.12. The fourth-order valence-electron chi connectivity index (χ4n) is 2.73. The third kappa shape index (κ3) is 2.33. The Labute approximate surface area is 118 Å². The Hall–Kier alpha value is -2.10. The minimum absolute atomic E-state index is 0.147. The number of aromatic nitrogens is 1. The van der Waals surface area contributed by atoms with Gasteiger partial charge in [-0.1, -0.05) is 29.4 Å². The summed E-state index contributed by atoms with van der Waals surface area (Å²) in [5.74, 6) is 0.891. The SMILES string of the molecule is Cc1noc(C)c1CC(=O)N1CCc2ccccc2C1. The fourth-order valence-corrected chi connectivity index (χ4v) is 2.73. The van der Waals surface area contributed by atoms with E-state index in [9.17, 15) is 4.79 Å². The highest BCUT2D eigenvalue weighted by molar-refractivity contribution is 5.79. The molecule has 0 unspecified atom stereocenters. The van der Waals surface area contributed by atoms with Crippen molar-refractivity contribution >= 4 is 5.91 Å². The summed E-state index contributed by atoms with van der Waals surface area (Å²) in [6, 6.07) is 8.33. The third-order valence-electron chi connectivity index (χ3n) is 3.99. The maximum absolute atomic E-state index is 12.4. The second-order valence-electron chi connectivity index (χ2n) is 5.31. The lowest BCUT2D eigenvalue weighted by atomic mass is 9.99. The van der Waals surface area contributed by atoms with E-state index in [2.05, 4.69) is 23.4 Å². The summed E-state index contributed by atoms with van der Waals surface area (Å²) in [5.41, 5.74) is 4.35. The van der Waals surface area contributed by atoms with E-state index in [-0.39, 0.29) is 5.91 Å². The van der Waals surface area contributed by atoms with Crippen LogP contribution < -0.4 is 0 Å². The van der Waals surface area contributed by atoms with Crippen LogP contribution in [0.2, 0.25) is 0 Å². The van der Waals surface area contributed by atoms with Gasteiger partial charge in [-0.25, -0.2) is 0 Å². The van der Waals surface area contributed by atoms with E-state index in [0.29, 0.717) is 13.0 Å². The van der Waals surface area contributed by atoms with Gasteiger partial charge in [0.25, 0.3) is 0 Å². The van der Waals surface area contributed by atoms with E-state index in [0.717, 1.165) is 30.0 Å². The van der Waals surface area contributed by atoms with Crippen LogP contribution in [-0.2, 0) is 24.2 Å². The molecule has 0 spiro atoms. The second-order valence-corrected chi connectivity index (χ2v) is 5.31. The summed E-state index contributed by atoms with van der Waals surface area (Å²) in [6.07, 6.45) is 1.31. The van der Waals surface area contributed by atoms with E-state index >= 15 is 0 Å². The van der Waals surface area contributed by atoms with Gasteiger partial charge in [-0.3, -0.25) is 4.79 Å². The van der Waals surface area contributed by atoms with Crippen molar-refractivity contribution in [1.29, 1.82) is 0 Å². The largest absolute Gasteiger partial charge is 0.361 e. The minimum atomic E-state index is 0.147. The van der Waals surface area contributed by atoms with Crippen LogP contribution in [0.15, 0.2) is 28.8 Å². The highest BCUT2D eigenvalue weighted by atomic mass is 16.5. The number of amides is 1. The van der Waals surface area contributed by atoms with Gasteiger partial charge in [0, 0.05) is 18.7 Å². The number of hydrogen-bond donors (Lipinski definition) is 0. The van der Waals surface area contributed by atoms with Gasteiger partial charge in [-0.05, 0) is 31.4 Å². The van der Waals surface area contributed by atoms with Crippen molar-refractivity contribution in [2.75, 3.05) is 6.54 Å². The summed E-state index contributed by atoms with van der Waals surface area (Å²) in [5, 5.41) is 3.90. The smallest absolute Gasteiger partial charge is 0.227 e. The first-order valence-corrected chi connectivity index (χ1v) is 6.91. The Morgan fingerprint density at radius 3 is 2.75 bits per heavy atom. The first kappa shape index (κ1) is 12.9. The molecule has 0 bridgehead atoms. The van der Waals surface area contributed by atoms with E-state index in [1.54, 1.807) is 0 Å². The zero-order valence-corrected chi connectivity index (χ0v) is 11.8. The fraction of sp³-hybridized carbons (Fsp3) is 0.375. The molecule has 4 nitrogen and oxygen atoms in total. The van der Waals surface area contributed by atoms with E-state index < -0.39 is 0 Å². The van der Waals surface area contributed by atoms with Crippen LogP contribution in [0.1, 0.15) is 28.1 Å². The number of rotatable bonds is 2. The van der Waals surface area contributed by atoms with Gasteiger partial charge < -0.3 is 9.42 Å². The van der Waals surface area contributed by atoms with E-state index in [4.69, 9.17) is 4.52 Å². The zero-order chi connectivity index (χ0) is 14.1. The van der Waals surface area contributed by atoms with Crippen molar-refractivity contribution in [1.82, 2.24) is 10.1 Å². The first-order chi connectivity index (χ1) is 9.65. The Morgan fingerprint density at radius 2 is 2.05 bits per heavy atom. The number of hydrogen-bond acceptors (Lipinski definition) is 3. The molecular formula is C16H18N2O2. The molecule has 1 aromatic carbocycles. The van der Waals surface area contributed by atoms with Gasteiger partial charge in [0.1, 0.15) is 5.76 Å². The molecule has 2 heterocycles. The highest BCUT2D eigenvalue weighted by Crippen LogP contribution is 2.20. The lowest BCUT2D eigenvalue weighted by molar-refractivity contribution is -0.131. The molecule has 3 rings (SSSR count). The third-order valence-corrected chi connectivity index (χ3v) is 3.99. The summed E-state index contributed by atoms with van der Waals surface area (Å²) in [4.78, 5) is 14.4. The molecule has 0 N–H and O–H groups in total. The molecule has 0 saturated carbocycles. The molecule has 20 heavy (non-hydrogen) atoms. The van der Waals surface area contributed by atoms with Crippen molar-refractivity contribution in [3.8, 4) is 0 Å². The van der Waals surface area contributed by atoms with Crippen molar-refractivity contribution in [3.05, 3.63) is 52.4 Å². The number of carbonyl (C=O) groups excluding carboxylic acids is 1. The van der Waals surface area contributed by atoms with Gasteiger partial charge in [0.2, 0.25) is 5.91 Å². The maximum Gasteiger partial charge on any atom is 0.227 e. The van der Waals surface area contributed by atoms with Crippen LogP contribution in [0.5, 0.6) is 0 Å². The Bertz CT molecular complexity index is 626. The molecule has 0 atom stereocenters. The lowest BCUT2D eigenvalue weighted by Crippen LogP contribution is -2.37. The van der Waals surface area contributed by atoms with Crippen molar-refractivity contribution in [2.24, 2.45) is 0 Å². The van der Waals surface area contributed by atoms with Crippen LogP contribution in [-0.4, -0.2) is 22.5 Å². The molecule has 0 aliphatic carbocycles. The predicted molar refractivity (Wildman–Crippen MR) is 75.2 cm³/mol. The maximum atomic E-state index is 12.4. The number of aryl methyl sites for hydroxylation is 2. The van der Waals surface area contributed by atoms with Crippen LogP contribution in [0.25, 0.3) is 0 Å². The van der Waals surface area contributed by atoms with Crippen molar-refractivity contribution in [2.45, 2.75) is 33.2 Å². The molecule has 0 fully saturated rings. The zero-order valence-electron chi connectivity index (χ0n) is 11.8. The van der Waals surface area contributed by atoms with Crippen LogP contribution in [0.4, 0.5) is 0 Å². The Balaban J connectivity index is 1.74. The Morgan fingerprint density at radius 1 is 1.30 bits per heavy atom. The summed E-state index contributed by atoms with van der Waals surface area (Å²) >= 11 is 0. The molecule has 104 valence electrons. The summed E-state index contributed by atoms with van der Waals surface area (Å²) in [6.45, 7) is 5.23. The highest BCUT2D eigenvalue weighted by Gasteiger charge is 2.22. The molecular weight excluding hydrogens is 252 g/mol. The monoisotopic (exact) mass is 270 g/mol. The molecule has 0 saturated heterocycles. The van der Waals surface area contributed by atoms with Gasteiger partial charge in [-0.2, -0.15) is 0 Å². The molecule has 1 aliphatic rings.